The summed E-state index contributed by atoms with van der Waals surface area (Å²) in [6, 6.07) is 5.57. The molecule has 38 heavy (non-hydrogen) atoms. The molecule has 0 fully saturated rings. The number of fused-ring (bicyclic) bond motifs is 3. The minimum atomic E-state index is -0.765. The van der Waals surface area contributed by atoms with Gasteiger partial charge in [0.05, 0.1) is 49.0 Å². The zero-order valence-electron chi connectivity index (χ0n) is 23.4. The van der Waals surface area contributed by atoms with Gasteiger partial charge in [-0.25, -0.2) is 0 Å². The van der Waals surface area contributed by atoms with Crippen LogP contribution in [0.5, 0.6) is 28.7 Å². The fourth-order valence-electron chi connectivity index (χ4n) is 5.18. The standard InChI is InChI=1S/C30H36O8/c1-9-36-20-15-11-13-18-22(20)28(37-16(2)31)24-23(26(18)38-29(32)30(3,4)5)25(34-7)17-12-10-14-19(33-6)21(17)27(24)35-8/h10,12,14,20H,9,11,13,15H2,1-8H3/t20-/m0/s1. The van der Waals surface area contributed by atoms with E-state index >= 15 is 0 Å². The Morgan fingerprint density at radius 2 is 1.58 bits per heavy atom. The molecule has 4 rings (SSSR count). The van der Waals surface area contributed by atoms with Crippen molar-refractivity contribution in [2.75, 3.05) is 27.9 Å². The normalized spacial score (nSPS) is 15.2. The number of hydrogen-bond acceptors (Lipinski definition) is 8. The largest absolute Gasteiger partial charge is 0.496 e. The van der Waals surface area contributed by atoms with Gasteiger partial charge in [0.2, 0.25) is 0 Å². The van der Waals surface area contributed by atoms with Crippen LogP contribution in [0, 0.1) is 5.41 Å². The van der Waals surface area contributed by atoms with Crippen LogP contribution in [-0.2, 0) is 20.7 Å². The molecule has 3 aromatic rings. The van der Waals surface area contributed by atoms with Crippen molar-refractivity contribution in [3.05, 3.63) is 29.3 Å². The van der Waals surface area contributed by atoms with Crippen LogP contribution in [0.3, 0.4) is 0 Å². The van der Waals surface area contributed by atoms with E-state index in [0.29, 0.717) is 68.9 Å². The summed E-state index contributed by atoms with van der Waals surface area (Å²) in [4.78, 5) is 25.8. The van der Waals surface area contributed by atoms with Crippen molar-refractivity contribution >= 4 is 33.5 Å². The van der Waals surface area contributed by atoms with Crippen molar-refractivity contribution in [1.82, 2.24) is 0 Å². The summed E-state index contributed by atoms with van der Waals surface area (Å²) in [5.74, 6) is 1.23. The molecule has 0 amide bonds. The van der Waals surface area contributed by atoms with Gasteiger partial charge in [0.25, 0.3) is 0 Å². The van der Waals surface area contributed by atoms with Crippen molar-refractivity contribution in [3.8, 4) is 28.7 Å². The summed E-state index contributed by atoms with van der Waals surface area (Å²) < 4.78 is 36.0. The molecule has 0 unspecified atom stereocenters. The summed E-state index contributed by atoms with van der Waals surface area (Å²) in [5, 5.41) is 2.30. The SMILES string of the molecule is CCO[C@H]1CCCc2c1c(OC(C)=O)c1c(OC)c3c(OC)cccc3c(OC)c1c2OC(=O)C(C)(C)C. The molecular weight excluding hydrogens is 488 g/mol. The number of ether oxygens (including phenoxy) is 6. The number of methoxy groups -OCH3 is 3. The Morgan fingerprint density at radius 3 is 2.16 bits per heavy atom. The van der Waals surface area contributed by atoms with Crippen LogP contribution in [0.2, 0.25) is 0 Å². The molecule has 0 saturated carbocycles. The second-order valence-electron chi connectivity index (χ2n) is 10.3. The summed E-state index contributed by atoms with van der Waals surface area (Å²) in [5.41, 5.74) is 0.685. The second-order valence-corrected chi connectivity index (χ2v) is 10.3. The van der Waals surface area contributed by atoms with E-state index in [1.807, 2.05) is 25.1 Å². The van der Waals surface area contributed by atoms with Gasteiger partial charge >= 0.3 is 11.9 Å². The highest BCUT2D eigenvalue weighted by molar-refractivity contribution is 6.18. The van der Waals surface area contributed by atoms with Crippen molar-refractivity contribution < 1.29 is 38.0 Å². The number of esters is 2. The molecule has 0 saturated heterocycles. The third-order valence-corrected chi connectivity index (χ3v) is 6.76. The Labute approximate surface area is 223 Å². The first-order valence-corrected chi connectivity index (χ1v) is 12.8. The molecule has 8 nitrogen and oxygen atoms in total. The Morgan fingerprint density at radius 1 is 0.895 bits per heavy atom. The van der Waals surface area contributed by atoms with Gasteiger partial charge in [-0.2, -0.15) is 0 Å². The molecular formula is C30H36O8. The van der Waals surface area contributed by atoms with Crippen molar-refractivity contribution in [3.63, 3.8) is 0 Å². The zero-order chi connectivity index (χ0) is 27.8. The van der Waals surface area contributed by atoms with E-state index in [2.05, 4.69) is 0 Å². The third kappa shape index (κ3) is 4.62. The lowest BCUT2D eigenvalue weighted by atomic mass is 9.83. The van der Waals surface area contributed by atoms with Gasteiger partial charge < -0.3 is 28.4 Å². The predicted molar refractivity (Wildman–Crippen MR) is 145 cm³/mol. The first-order chi connectivity index (χ1) is 18.1. The van der Waals surface area contributed by atoms with Gasteiger partial charge in [0.1, 0.15) is 28.7 Å². The summed E-state index contributed by atoms with van der Waals surface area (Å²) in [6.07, 6.45) is 1.78. The summed E-state index contributed by atoms with van der Waals surface area (Å²) in [6.45, 7) is 9.15. The fraction of sp³-hybridized carbons (Fsp3) is 0.467. The molecule has 1 aliphatic rings. The van der Waals surface area contributed by atoms with Crippen LogP contribution in [0.15, 0.2) is 18.2 Å². The van der Waals surface area contributed by atoms with E-state index in [0.717, 1.165) is 18.4 Å². The van der Waals surface area contributed by atoms with Crippen molar-refractivity contribution in [1.29, 1.82) is 0 Å². The van der Waals surface area contributed by atoms with E-state index in [-0.39, 0.29) is 6.10 Å². The lowest BCUT2D eigenvalue weighted by Crippen LogP contribution is -2.27. The smallest absolute Gasteiger partial charge is 0.316 e. The summed E-state index contributed by atoms with van der Waals surface area (Å²) in [7, 11) is 4.68. The van der Waals surface area contributed by atoms with Gasteiger partial charge in [-0.3, -0.25) is 9.59 Å². The highest BCUT2D eigenvalue weighted by Crippen LogP contribution is 2.57. The number of rotatable bonds is 7. The maximum Gasteiger partial charge on any atom is 0.316 e. The highest BCUT2D eigenvalue weighted by atomic mass is 16.5. The van der Waals surface area contributed by atoms with Gasteiger partial charge in [-0.1, -0.05) is 12.1 Å². The molecule has 0 N–H and O–H groups in total. The van der Waals surface area contributed by atoms with Gasteiger partial charge in [-0.15, -0.1) is 0 Å². The van der Waals surface area contributed by atoms with Crippen LogP contribution in [0.4, 0.5) is 0 Å². The van der Waals surface area contributed by atoms with E-state index < -0.39 is 17.4 Å². The van der Waals surface area contributed by atoms with Gasteiger partial charge in [-0.05, 0) is 53.0 Å². The molecule has 0 spiro atoms. The Kier molecular flexibility index (Phi) is 7.74. The van der Waals surface area contributed by atoms with E-state index in [4.69, 9.17) is 28.4 Å². The lowest BCUT2D eigenvalue weighted by molar-refractivity contribution is -0.143. The Hall–Kier alpha value is -3.52. The van der Waals surface area contributed by atoms with Crippen LogP contribution in [-0.4, -0.2) is 39.9 Å². The molecule has 0 radical (unpaired) electrons. The molecule has 1 atom stereocenters. The molecule has 3 aromatic carbocycles. The second kappa shape index (κ2) is 10.7. The topological polar surface area (TPSA) is 89.5 Å². The summed E-state index contributed by atoms with van der Waals surface area (Å²) >= 11 is 0. The van der Waals surface area contributed by atoms with Crippen molar-refractivity contribution in [2.24, 2.45) is 5.41 Å². The van der Waals surface area contributed by atoms with Crippen LogP contribution in [0.25, 0.3) is 21.5 Å². The molecule has 0 aromatic heterocycles. The fourth-order valence-corrected chi connectivity index (χ4v) is 5.18. The van der Waals surface area contributed by atoms with E-state index in [1.54, 1.807) is 42.1 Å². The minimum Gasteiger partial charge on any atom is -0.496 e. The van der Waals surface area contributed by atoms with Crippen LogP contribution < -0.4 is 23.7 Å². The first kappa shape index (κ1) is 27.5. The maximum atomic E-state index is 13.3. The van der Waals surface area contributed by atoms with E-state index in [1.165, 1.54) is 6.92 Å². The molecule has 204 valence electrons. The predicted octanol–water partition coefficient (Wildman–Crippen LogP) is 6.31. The molecule has 0 aliphatic heterocycles. The molecule has 1 aliphatic carbocycles. The number of carbonyl (C=O) groups is 2. The maximum absolute atomic E-state index is 13.3. The minimum absolute atomic E-state index is 0.319. The Bertz CT molecular complexity index is 1400. The zero-order valence-corrected chi connectivity index (χ0v) is 23.4. The van der Waals surface area contributed by atoms with Crippen LogP contribution in [0.1, 0.15) is 64.7 Å². The number of hydrogen-bond donors (Lipinski definition) is 0. The van der Waals surface area contributed by atoms with Gasteiger partial charge in [0, 0.05) is 30.0 Å². The first-order valence-electron chi connectivity index (χ1n) is 12.8. The molecule has 8 heteroatoms. The van der Waals surface area contributed by atoms with E-state index in [9.17, 15) is 9.59 Å². The average molecular weight is 525 g/mol. The third-order valence-electron chi connectivity index (χ3n) is 6.76. The van der Waals surface area contributed by atoms with Crippen LogP contribution >= 0.6 is 0 Å². The molecule has 0 heterocycles. The monoisotopic (exact) mass is 524 g/mol. The number of benzene rings is 3. The Balaban J connectivity index is 2.33. The van der Waals surface area contributed by atoms with Gasteiger partial charge in [0.15, 0.2) is 0 Å². The number of carbonyl (C=O) groups excluding carboxylic acids is 2. The average Bonchev–Trinajstić information content (AvgIpc) is 2.87. The lowest BCUT2D eigenvalue weighted by Gasteiger charge is -2.32. The highest BCUT2D eigenvalue weighted by Gasteiger charge is 2.37. The molecule has 0 bridgehead atoms. The van der Waals surface area contributed by atoms with Crippen molar-refractivity contribution in [2.45, 2.75) is 60.0 Å². The quantitative estimate of drug-likeness (QED) is 0.202.